The van der Waals surface area contributed by atoms with E-state index in [1.807, 2.05) is 20.8 Å². The molecule has 6 heteroatoms. The summed E-state index contributed by atoms with van der Waals surface area (Å²) in [7, 11) is 0. The first-order valence-corrected chi connectivity index (χ1v) is 5.99. The van der Waals surface area contributed by atoms with Gasteiger partial charge in [-0.05, 0) is 12.8 Å². The molecule has 0 aliphatic rings. The topological polar surface area (TPSA) is 72.9 Å². The molecule has 1 rings (SSSR count). The molecular formula is C11H18N4OS. The monoisotopic (exact) mass is 254 g/mol. The van der Waals surface area contributed by atoms with Crippen molar-refractivity contribution in [3.63, 3.8) is 0 Å². The van der Waals surface area contributed by atoms with Crippen LogP contribution in [0.2, 0.25) is 0 Å². The largest absolute Gasteiger partial charge is 0.393 e. The minimum atomic E-state index is -0.449. The molecule has 17 heavy (non-hydrogen) atoms. The molecule has 0 saturated carbocycles. The van der Waals surface area contributed by atoms with Crippen molar-refractivity contribution in [2.24, 2.45) is 17.6 Å². The molecule has 0 aliphatic heterocycles. The molecule has 0 saturated heterocycles. The summed E-state index contributed by atoms with van der Waals surface area (Å²) < 4.78 is 1.74. The Balaban J connectivity index is 2.73. The number of nitrogens with one attached hydrogen (secondary N) is 1. The Labute approximate surface area is 106 Å². The summed E-state index contributed by atoms with van der Waals surface area (Å²) in [6.45, 7) is 6.57. The van der Waals surface area contributed by atoms with Crippen LogP contribution in [-0.4, -0.2) is 20.7 Å². The van der Waals surface area contributed by atoms with Gasteiger partial charge in [-0.25, -0.2) is 0 Å². The molecule has 0 aliphatic carbocycles. The normalized spacial score (nSPS) is 12.5. The summed E-state index contributed by atoms with van der Waals surface area (Å²) in [5.41, 5.74) is 6.24. The number of hydrogen-bond donors (Lipinski definition) is 2. The van der Waals surface area contributed by atoms with Gasteiger partial charge in [-0.3, -0.25) is 9.48 Å². The van der Waals surface area contributed by atoms with Gasteiger partial charge in [0.05, 0.1) is 22.8 Å². The Morgan fingerprint density at radius 1 is 1.65 bits per heavy atom. The van der Waals surface area contributed by atoms with Crippen LogP contribution in [0.5, 0.6) is 0 Å². The van der Waals surface area contributed by atoms with E-state index in [2.05, 4.69) is 10.4 Å². The number of aromatic nitrogens is 2. The fourth-order valence-corrected chi connectivity index (χ4v) is 1.96. The minimum absolute atomic E-state index is 0.0775. The van der Waals surface area contributed by atoms with Crippen LogP contribution < -0.4 is 11.1 Å². The number of nitrogens with zero attached hydrogens (tertiary/aromatic N) is 2. The highest BCUT2D eigenvalue weighted by Crippen LogP contribution is 2.15. The van der Waals surface area contributed by atoms with E-state index in [9.17, 15) is 4.79 Å². The predicted octanol–water partition coefficient (Wildman–Crippen LogP) is 1.40. The zero-order chi connectivity index (χ0) is 13.0. The van der Waals surface area contributed by atoms with Crippen molar-refractivity contribution >= 4 is 28.8 Å². The molecular weight excluding hydrogens is 236 g/mol. The van der Waals surface area contributed by atoms with Crippen molar-refractivity contribution in [3.8, 4) is 0 Å². The molecule has 0 bridgehead atoms. The lowest BCUT2D eigenvalue weighted by Crippen LogP contribution is -2.36. The lowest BCUT2D eigenvalue weighted by molar-refractivity contribution is -0.118. The zero-order valence-corrected chi connectivity index (χ0v) is 11.1. The molecule has 1 heterocycles. The number of nitrogens with two attached hydrogens (primary N) is 1. The quantitative estimate of drug-likeness (QED) is 0.779. The van der Waals surface area contributed by atoms with Crippen molar-refractivity contribution in [1.82, 2.24) is 9.78 Å². The maximum absolute atomic E-state index is 12.0. The second-order valence-electron chi connectivity index (χ2n) is 4.20. The molecule has 1 amide bonds. The number of hydrogen-bond acceptors (Lipinski definition) is 3. The van der Waals surface area contributed by atoms with Crippen molar-refractivity contribution in [3.05, 3.63) is 12.4 Å². The van der Waals surface area contributed by atoms with Gasteiger partial charge in [0.25, 0.3) is 0 Å². The fourth-order valence-electron chi connectivity index (χ4n) is 1.58. The van der Waals surface area contributed by atoms with E-state index in [4.69, 9.17) is 18.0 Å². The van der Waals surface area contributed by atoms with Crippen LogP contribution in [0.4, 0.5) is 5.69 Å². The Kier molecular flexibility index (Phi) is 4.62. The average Bonchev–Trinajstić information content (AvgIpc) is 2.64. The third kappa shape index (κ3) is 3.52. The van der Waals surface area contributed by atoms with Gasteiger partial charge in [0, 0.05) is 12.7 Å². The smallest absolute Gasteiger partial charge is 0.234 e. The fraction of sp³-hybridized carbons (Fsp3) is 0.545. The van der Waals surface area contributed by atoms with Gasteiger partial charge < -0.3 is 11.1 Å². The Bertz CT molecular complexity index is 413. The number of thiocarbonyl (C=S) groups is 1. The second kappa shape index (κ2) is 5.77. The Hall–Kier alpha value is -1.43. The third-order valence-electron chi connectivity index (χ3n) is 2.48. The zero-order valence-electron chi connectivity index (χ0n) is 10.3. The van der Waals surface area contributed by atoms with E-state index in [0.717, 1.165) is 6.54 Å². The van der Waals surface area contributed by atoms with Gasteiger partial charge in [0.2, 0.25) is 5.91 Å². The Morgan fingerprint density at radius 2 is 2.29 bits per heavy atom. The summed E-state index contributed by atoms with van der Waals surface area (Å²) in [6.07, 6.45) is 3.38. The molecule has 5 nitrogen and oxygen atoms in total. The summed E-state index contributed by atoms with van der Waals surface area (Å²) in [5.74, 6) is -0.549. The highest BCUT2D eigenvalue weighted by molar-refractivity contribution is 7.80. The van der Waals surface area contributed by atoms with Crippen molar-refractivity contribution in [2.45, 2.75) is 27.3 Å². The SMILES string of the molecule is CCn1cc(NC(=O)C(C(N)=S)C(C)C)cn1. The van der Waals surface area contributed by atoms with Gasteiger partial charge in [-0.1, -0.05) is 26.1 Å². The number of carbonyl (C=O) groups excluding carboxylic acids is 1. The van der Waals surface area contributed by atoms with Crippen LogP contribution in [0.1, 0.15) is 20.8 Å². The molecule has 3 N–H and O–H groups in total. The van der Waals surface area contributed by atoms with E-state index in [1.165, 1.54) is 0 Å². The van der Waals surface area contributed by atoms with Crippen LogP contribution in [-0.2, 0) is 11.3 Å². The van der Waals surface area contributed by atoms with Gasteiger partial charge in [-0.15, -0.1) is 0 Å². The molecule has 0 aromatic carbocycles. The maximum Gasteiger partial charge on any atom is 0.234 e. The van der Waals surface area contributed by atoms with Gasteiger partial charge >= 0.3 is 0 Å². The lowest BCUT2D eigenvalue weighted by atomic mass is 9.95. The summed E-state index contributed by atoms with van der Waals surface area (Å²) in [6, 6.07) is 0. The maximum atomic E-state index is 12.0. The Morgan fingerprint density at radius 3 is 2.71 bits per heavy atom. The molecule has 0 spiro atoms. The van der Waals surface area contributed by atoms with E-state index in [0.29, 0.717) is 5.69 Å². The molecule has 1 atom stereocenters. The first-order valence-electron chi connectivity index (χ1n) is 5.58. The second-order valence-corrected chi connectivity index (χ2v) is 4.67. The van der Waals surface area contributed by atoms with Gasteiger partial charge in [0.1, 0.15) is 0 Å². The summed E-state index contributed by atoms with van der Waals surface area (Å²) in [5, 5.41) is 6.84. The van der Waals surface area contributed by atoms with Crippen molar-refractivity contribution in [1.29, 1.82) is 0 Å². The number of aryl methyl sites for hydroxylation is 1. The average molecular weight is 254 g/mol. The molecule has 0 fully saturated rings. The van der Waals surface area contributed by atoms with Gasteiger partial charge in [0.15, 0.2) is 0 Å². The first kappa shape index (κ1) is 13.6. The summed E-state index contributed by atoms with van der Waals surface area (Å²) in [4.78, 5) is 12.2. The lowest BCUT2D eigenvalue weighted by Gasteiger charge is -2.18. The van der Waals surface area contributed by atoms with Crippen LogP contribution in [0.3, 0.4) is 0 Å². The molecule has 1 aromatic heterocycles. The van der Waals surface area contributed by atoms with Crippen LogP contribution in [0.25, 0.3) is 0 Å². The molecule has 1 unspecified atom stereocenters. The van der Waals surface area contributed by atoms with Gasteiger partial charge in [-0.2, -0.15) is 5.10 Å². The molecule has 94 valence electrons. The number of anilines is 1. The third-order valence-corrected chi connectivity index (χ3v) is 2.73. The van der Waals surface area contributed by atoms with E-state index >= 15 is 0 Å². The van der Waals surface area contributed by atoms with E-state index < -0.39 is 5.92 Å². The minimum Gasteiger partial charge on any atom is -0.393 e. The van der Waals surface area contributed by atoms with Crippen LogP contribution >= 0.6 is 12.2 Å². The molecule has 0 radical (unpaired) electrons. The van der Waals surface area contributed by atoms with Crippen LogP contribution in [0, 0.1) is 11.8 Å². The van der Waals surface area contributed by atoms with Crippen molar-refractivity contribution < 1.29 is 4.79 Å². The highest BCUT2D eigenvalue weighted by atomic mass is 32.1. The number of carbonyl (C=O) groups is 1. The standard InChI is InChI=1S/C11H18N4OS/c1-4-15-6-8(5-13-15)14-11(16)9(7(2)3)10(12)17/h5-7,9H,4H2,1-3H3,(H2,12,17)(H,14,16). The molecule has 1 aromatic rings. The predicted molar refractivity (Wildman–Crippen MR) is 71.6 cm³/mol. The van der Waals surface area contributed by atoms with Crippen molar-refractivity contribution in [2.75, 3.05) is 5.32 Å². The number of amides is 1. The van der Waals surface area contributed by atoms with E-state index in [-0.39, 0.29) is 16.8 Å². The first-order chi connectivity index (χ1) is 7.95. The highest BCUT2D eigenvalue weighted by Gasteiger charge is 2.25. The summed E-state index contributed by atoms with van der Waals surface area (Å²) >= 11 is 4.91. The number of rotatable bonds is 5. The van der Waals surface area contributed by atoms with Crippen LogP contribution in [0.15, 0.2) is 12.4 Å². The van der Waals surface area contributed by atoms with E-state index in [1.54, 1.807) is 17.1 Å².